The van der Waals surface area contributed by atoms with E-state index in [4.69, 9.17) is 0 Å². The minimum absolute atomic E-state index is 0.995. The molecule has 0 saturated heterocycles. The first-order valence-electron chi connectivity index (χ1n) is 2.85. The fourth-order valence-corrected chi connectivity index (χ4v) is 1.52. The minimum atomic E-state index is -4.81. The predicted molar refractivity (Wildman–Crippen MR) is 34.7 cm³/mol. The Morgan fingerprint density at radius 1 is 1.36 bits per heavy atom. The summed E-state index contributed by atoms with van der Waals surface area (Å²) in [6.45, 7) is 1.99. The Hall–Kier alpha value is -0.260. The maximum atomic E-state index is 11.9. The molecule has 0 N–H and O–H groups in total. The van der Waals surface area contributed by atoms with Crippen LogP contribution in [0.3, 0.4) is 0 Å². The Kier molecular flexibility index (Phi) is 2.93. The van der Waals surface area contributed by atoms with Gasteiger partial charge in [0.15, 0.2) is 0 Å². The molecular formula is C5H9F3O2S. The quantitative estimate of drug-likeness (QED) is 0.633. The summed E-state index contributed by atoms with van der Waals surface area (Å²) >= 11 is 0. The fourth-order valence-electron chi connectivity index (χ4n) is 0.507. The van der Waals surface area contributed by atoms with E-state index in [1.807, 2.05) is 0 Å². The topological polar surface area (TPSA) is 34.1 Å². The van der Waals surface area contributed by atoms with E-state index in [0.717, 1.165) is 13.8 Å². The summed E-state index contributed by atoms with van der Waals surface area (Å²) in [5.41, 5.74) is -1.81. The van der Waals surface area contributed by atoms with E-state index in [1.165, 1.54) is 0 Å². The van der Waals surface area contributed by atoms with E-state index in [0.29, 0.717) is 0 Å². The molecule has 0 saturated carbocycles. The molecule has 0 aromatic heterocycles. The van der Waals surface area contributed by atoms with Crippen LogP contribution in [0.15, 0.2) is 0 Å². The molecule has 0 spiro atoms. The summed E-state index contributed by atoms with van der Waals surface area (Å²) in [4.78, 5) is 0. The number of alkyl halides is 2. The molecule has 0 aliphatic carbocycles. The summed E-state index contributed by atoms with van der Waals surface area (Å²) in [5, 5.41) is 0. The first-order chi connectivity index (χ1) is 4.65. The van der Waals surface area contributed by atoms with Crippen LogP contribution < -0.4 is 0 Å². The van der Waals surface area contributed by atoms with Crippen molar-refractivity contribution in [2.75, 3.05) is 5.75 Å². The van der Waals surface area contributed by atoms with E-state index in [9.17, 15) is 21.1 Å². The van der Waals surface area contributed by atoms with Crippen LogP contribution in [0.1, 0.15) is 13.8 Å². The van der Waals surface area contributed by atoms with E-state index in [1.54, 1.807) is 0 Å². The lowest BCUT2D eigenvalue weighted by Crippen LogP contribution is -2.29. The fraction of sp³-hybridized carbons (Fsp3) is 1.00. The van der Waals surface area contributed by atoms with Gasteiger partial charge < -0.3 is 0 Å². The monoisotopic (exact) mass is 190 g/mol. The maximum absolute atomic E-state index is 11.9. The second-order valence-electron chi connectivity index (χ2n) is 2.97. The molecule has 0 fully saturated rings. The van der Waals surface area contributed by atoms with Gasteiger partial charge in [-0.05, 0) is 0 Å². The summed E-state index contributed by atoms with van der Waals surface area (Å²) < 4.78 is 55.6. The highest BCUT2D eigenvalue weighted by atomic mass is 32.3. The molecular weight excluding hydrogens is 181 g/mol. The van der Waals surface area contributed by atoms with Gasteiger partial charge in [0.25, 0.3) is 0 Å². The molecule has 0 radical (unpaired) electrons. The van der Waals surface area contributed by atoms with Crippen molar-refractivity contribution in [3.8, 4) is 0 Å². The van der Waals surface area contributed by atoms with Gasteiger partial charge in [-0.15, -0.1) is 3.89 Å². The molecule has 0 rings (SSSR count). The second-order valence-corrected chi connectivity index (χ2v) is 4.34. The van der Waals surface area contributed by atoms with Gasteiger partial charge in [-0.1, -0.05) is 13.8 Å². The molecule has 11 heavy (non-hydrogen) atoms. The van der Waals surface area contributed by atoms with E-state index in [-0.39, 0.29) is 0 Å². The van der Waals surface area contributed by atoms with Crippen molar-refractivity contribution < 1.29 is 21.1 Å². The number of halogens is 3. The van der Waals surface area contributed by atoms with Crippen LogP contribution in [-0.2, 0) is 10.2 Å². The molecule has 0 aliphatic heterocycles. The third-order valence-corrected chi connectivity index (χ3v) is 2.22. The molecule has 0 heterocycles. The van der Waals surface area contributed by atoms with Gasteiger partial charge >= 0.3 is 10.2 Å². The van der Waals surface area contributed by atoms with Crippen molar-refractivity contribution in [1.82, 2.24) is 0 Å². The van der Waals surface area contributed by atoms with Gasteiger partial charge in [0.05, 0.1) is 5.75 Å². The van der Waals surface area contributed by atoms with Crippen molar-refractivity contribution in [3.05, 3.63) is 0 Å². The highest BCUT2D eigenvalue weighted by Crippen LogP contribution is 2.26. The van der Waals surface area contributed by atoms with Gasteiger partial charge in [-0.2, -0.15) is 8.42 Å². The highest BCUT2D eigenvalue weighted by molar-refractivity contribution is 7.86. The molecule has 0 unspecified atom stereocenters. The average molecular weight is 190 g/mol. The summed E-state index contributed by atoms with van der Waals surface area (Å²) in [6.07, 6.45) is -2.84. The Bertz CT molecular complexity index is 220. The van der Waals surface area contributed by atoms with Crippen LogP contribution in [0.2, 0.25) is 0 Å². The standard InChI is InChI=1S/C5H9F3O2S/c1-5(2,4(6)7)3-11(8,9)10/h4H,3H2,1-2H3. The van der Waals surface area contributed by atoms with E-state index < -0.39 is 27.8 Å². The van der Waals surface area contributed by atoms with Crippen LogP contribution in [0.4, 0.5) is 12.7 Å². The Morgan fingerprint density at radius 2 is 1.73 bits per heavy atom. The van der Waals surface area contributed by atoms with Gasteiger partial charge in [0.1, 0.15) is 0 Å². The van der Waals surface area contributed by atoms with Crippen molar-refractivity contribution in [2.45, 2.75) is 20.3 Å². The van der Waals surface area contributed by atoms with Crippen molar-refractivity contribution in [2.24, 2.45) is 5.41 Å². The zero-order valence-electron chi connectivity index (χ0n) is 6.14. The van der Waals surface area contributed by atoms with Gasteiger partial charge in [0, 0.05) is 5.41 Å². The second kappa shape index (κ2) is 3.00. The lowest BCUT2D eigenvalue weighted by atomic mass is 9.98. The molecule has 68 valence electrons. The van der Waals surface area contributed by atoms with Crippen molar-refractivity contribution >= 4 is 10.2 Å². The first kappa shape index (κ1) is 10.7. The van der Waals surface area contributed by atoms with Crippen molar-refractivity contribution in [3.63, 3.8) is 0 Å². The van der Waals surface area contributed by atoms with Gasteiger partial charge in [-0.25, -0.2) is 8.78 Å². The largest absolute Gasteiger partial charge is 0.303 e. The summed E-state index contributed by atoms with van der Waals surface area (Å²) in [7, 11) is -4.81. The normalized spacial score (nSPS) is 14.0. The maximum Gasteiger partial charge on any atom is 0.303 e. The number of rotatable bonds is 3. The zero-order chi connectivity index (χ0) is 9.28. The SMILES string of the molecule is CC(C)(CS(=O)(=O)F)C(F)F. The van der Waals surface area contributed by atoms with E-state index >= 15 is 0 Å². The predicted octanol–water partition coefficient (Wildman–Crippen LogP) is 1.58. The third-order valence-electron chi connectivity index (χ3n) is 1.14. The summed E-state index contributed by atoms with van der Waals surface area (Å²) in [6, 6.07) is 0. The van der Waals surface area contributed by atoms with Crippen LogP contribution in [0.25, 0.3) is 0 Å². The lowest BCUT2D eigenvalue weighted by Gasteiger charge is -2.20. The highest BCUT2D eigenvalue weighted by Gasteiger charge is 2.34. The van der Waals surface area contributed by atoms with Crippen LogP contribution in [-0.4, -0.2) is 20.6 Å². The smallest absolute Gasteiger partial charge is 0.210 e. The van der Waals surface area contributed by atoms with Gasteiger partial charge in [-0.3, -0.25) is 0 Å². The molecule has 6 heteroatoms. The summed E-state index contributed by atoms with van der Waals surface area (Å²) in [5.74, 6) is -1.14. The van der Waals surface area contributed by atoms with Crippen LogP contribution >= 0.6 is 0 Å². The zero-order valence-corrected chi connectivity index (χ0v) is 6.96. The Labute approximate surface area is 63.6 Å². The Balaban J connectivity index is 4.38. The van der Waals surface area contributed by atoms with E-state index in [2.05, 4.69) is 0 Å². The average Bonchev–Trinajstić information content (AvgIpc) is 1.56. The third kappa shape index (κ3) is 4.23. The molecule has 0 aromatic carbocycles. The molecule has 0 aromatic rings. The molecule has 2 nitrogen and oxygen atoms in total. The number of hydrogen-bond acceptors (Lipinski definition) is 2. The first-order valence-corrected chi connectivity index (χ1v) is 4.41. The minimum Gasteiger partial charge on any atom is -0.210 e. The van der Waals surface area contributed by atoms with Crippen LogP contribution in [0.5, 0.6) is 0 Å². The molecule has 0 atom stereocenters. The molecule has 0 bridgehead atoms. The van der Waals surface area contributed by atoms with Crippen molar-refractivity contribution in [1.29, 1.82) is 0 Å². The van der Waals surface area contributed by atoms with Crippen LogP contribution in [0, 0.1) is 5.41 Å². The number of hydrogen-bond donors (Lipinski definition) is 0. The molecule has 0 aliphatic rings. The van der Waals surface area contributed by atoms with Gasteiger partial charge in [0.2, 0.25) is 6.43 Å². The Morgan fingerprint density at radius 3 is 1.82 bits per heavy atom. The molecule has 0 amide bonds. The lowest BCUT2D eigenvalue weighted by molar-refractivity contribution is 0.0339.